The molecule has 1 aliphatic rings. The first-order valence-corrected chi connectivity index (χ1v) is 7.31. The summed E-state index contributed by atoms with van der Waals surface area (Å²) in [6, 6.07) is 14.8. The predicted octanol–water partition coefficient (Wildman–Crippen LogP) is 4.04. The second kappa shape index (κ2) is 5.35. The van der Waals surface area contributed by atoms with E-state index in [0.717, 1.165) is 24.1 Å². The van der Waals surface area contributed by atoms with Crippen molar-refractivity contribution < 1.29 is 5.11 Å². The van der Waals surface area contributed by atoms with E-state index in [0.29, 0.717) is 6.04 Å². The van der Waals surface area contributed by atoms with Crippen LogP contribution in [0.1, 0.15) is 29.2 Å². The summed E-state index contributed by atoms with van der Waals surface area (Å²) in [7, 11) is 0. The van der Waals surface area contributed by atoms with Crippen molar-refractivity contribution in [2.75, 3.05) is 5.32 Å². The van der Waals surface area contributed by atoms with Gasteiger partial charge in [-0.1, -0.05) is 40.2 Å². The number of benzene rings is 2. The molecular weight excluding hydrogens is 302 g/mol. The van der Waals surface area contributed by atoms with E-state index in [1.807, 2.05) is 24.3 Å². The number of aliphatic hydroxyl groups excluding tert-OH is 1. The molecule has 0 fully saturated rings. The number of fused-ring (bicyclic) bond motifs is 1. The van der Waals surface area contributed by atoms with Crippen molar-refractivity contribution in [3.63, 3.8) is 0 Å². The maximum Gasteiger partial charge on any atom is 0.0681 e. The van der Waals surface area contributed by atoms with Gasteiger partial charge in [-0.15, -0.1) is 0 Å². The Hall–Kier alpha value is -1.32. The Morgan fingerprint density at radius 1 is 1.16 bits per heavy atom. The van der Waals surface area contributed by atoms with E-state index in [2.05, 4.69) is 39.4 Å². The first-order chi connectivity index (χ1) is 9.28. The van der Waals surface area contributed by atoms with E-state index in [1.165, 1.54) is 15.6 Å². The van der Waals surface area contributed by atoms with Crippen LogP contribution in [-0.4, -0.2) is 5.11 Å². The van der Waals surface area contributed by atoms with Crippen LogP contribution in [0.5, 0.6) is 0 Å². The molecule has 0 heterocycles. The minimum absolute atomic E-state index is 0.0967. The van der Waals surface area contributed by atoms with Crippen molar-refractivity contribution in [3.8, 4) is 0 Å². The van der Waals surface area contributed by atoms with Crippen LogP contribution < -0.4 is 5.32 Å². The molecule has 2 aromatic carbocycles. The molecule has 2 aromatic rings. The minimum atomic E-state index is 0.0967. The molecule has 3 heteroatoms. The lowest BCUT2D eigenvalue weighted by atomic mass is 10.1. The highest BCUT2D eigenvalue weighted by Gasteiger charge is 2.23. The molecule has 0 aromatic heterocycles. The Kier molecular flexibility index (Phi) is 3.58. The highest BCUT2D eigenvalue weighted by molar-refractivity contribution is 9.10. The molecule has 0 saturated carbocycles. The number of aliphatic hydroxyl groups is 1. The van der Waals surface area contributed by atoms with Gasteiger partial charge in [0.1, 0.15) is 0 Å². The third-order valence-electron chi connectivity index (χ3n) is 3.69. The molecular formula is C16H16BrNO. The van der Waals surface area contributed by atoms with Crippen LogP contribution in [0.15, 0.2) is 46.9 Å². The van der Waals surface area contributed by atoms with Gasteiger partial charge in [-0.2, -0.15) is 0 Å². The molecule has 0 aliphatic heterocycles. The maximum atomic E-state index is 9.05. The summed E-state index contributed by atoms with van der Waals surface area (Å²) >= 11 is 3.62. The zero-order chi connectivity index (χ0) is 13.2. The minimum Gasteiger partial charge on any atom is -0.392 e. The van der Waals surface area contributed by atoms with Gasteiger partial charge in [0.05, 0.1) is 12.6 Å². The summed E-state index contributed by atoms with van der Waals surface area (Å²) in [5.74, 6) is 0. The van der Waals surface area contributed by atoms with Gasteiger partial charge in [0, 0.05) is 10.2 Å². The summed E-state index contributed by atoms with van der Waals surface area (Å²) in [6.45, 7) is 0.0967. The third-order valence-corrected chi connectivity index (χ3v) is 4.43. The van der Waals surface area contributed by atoms with Crippen molar-refractivity contribution in [1.82, 2.24) is 0 Å². The molecule has 0 bridgehead atoms. The molecule has 0 amide bonds. The Balaban J connectivity index is 1.80. The molecule has 2 nitrogen and oxygen atoms in total. The van der Waals surface area contributed by atoms with Crippen molar-refractivity contribution in [1.29, 1.82) is 0 Å². The first kappa shape index (κ1) is 12.7. The molecule has 2 N–H and O–H groups in total. The van der Waals surface area contributed by atoms with E-state index < -0.39 is 0 Å². The topological polar surface area (TPSA) is 32.3 Å². The summed E-state index contributed by atoms with van der Waals surface area (Å²) in [4.78, 5) is 0. The van der Waals surface area contributed by atoms with Gasteiger partial charge >= 0.3 is 0 Å². The van der Waals surface area contributed by atoms with E-state index >= 15 is 0 Å². The van der Waals surface area contributed by atoms with Gasteiger partial charge in [-0.25, -0.2) is 0 Å². The predicted molar refractivity (Wildman–Crippen MR) is 81.2 cm³/mol. The number of anilines is 1. The Bertz CT molecular complexity index is 580. The molecule has 1 atom stereocenters. The number of hydrogen-bond donors (Lipinski definition) is 2. The quantitative estimate of drug-likeness (QED) is 0.895. The average Bonchev–Trinajstić information content (AvgIpc) is 2.84. The highest BCUT2D eigenvalue weighted by Crippen LogP contribution is 2.37. The number of rotatable bonds is 3. The number of hydrogen-bond acceptors (Lipinski definition) is 2. The SMILES string of the molecule is OCc1ccc(NC2CCc3c(Br)cccc32)cc1. The number of nitrogens with one attached hydrogen (secondary N) is 1. The molecule has 3 rings (SSSR count). The lowest BCUT2D eigenvalue weighted by Crippen LogP contribution is -2.07. The fourth-order valence-corrected chi connectivity index (χ4v) is 3.25. The normalized spacial score (nSPS) is 17.3. The van der Waals surface area contributed by atoms with Gasteiger partial charge < -0.3 is 10.4 Å². The van der Waals surface area contributed by atoms with Crippen molar-refractivity contribution in [2.24, 2.45) is 0 Å². The smallest absolute Gasteiger partial charge is 0.0681 e. The molecule has 0 radical (unpaired) electrons. The zero-order valence-electron chi connectivity index (χ0n) is 10.6. The van der Waals surface area contributed by atoms with Crippen LogP contribution in [0.2, 0.25) is 0 Å². The molecule has 0 spiro atoms. The lowest BCUT2D eigenvalue weighted by molar-refractivity contribution is 0.282. The van der Waals surface area contributed by atoms with Crippen molar-refractivity contribution in [3.05, 3.63) is 63.6 Å². The van der Waals surface area contributed by atoms with Crippen molar-refractivity contribution >= 4 is 21.6 Å². The summed E-state index contributed by atoms with van der Waals surface area (Å²) in [5, 5.41) is 12.6. The van der Waals surface area contributed by atoms with E-state index in [4.69, 9.17) is 5.11 Å². The van der Waals surface area contributed by atoms with Crippen molar-refractivity contribution in [2.45, 2.75) is 25.5 Å². The molecule has 98 valence electrons. The monoisotopic (exact) mass is 317 g/mol. The van der Waals surface area contributed by atoms with Crippen LogP contribution >= 0.6 is 15.9 Å². The number of halogens is 1. The Labute approximate surface area is 121 Å². The van der Waals surface area contributed by atoms with Gasteiger partial charge in [-0.3, -0.25) is 0 Å². The molecule has 0 saturated heterocycles. The van der Waals surface area contributed by atoms with Crippen LogP contribution in [0.25, 0.3) is 0 Å². The lowest BCUT2D eigenvalue weighted by Gasteiger charge is -2.16. The van der Waals surface area contributed by atoms with Crippen LogP contribution in [0.3, 0.4) is 0 Å². The third kappa shape index (κ3) is 2.53. The van der Waals surface area contributed by atoms with Crippen LogP contribution in [-0.2, 0) is 13.0 Å². The van der Waals surface area contributed by atoms with E-state index in [1.54, 1.807) is 0 Å². The Morgan fingerprint density at radius 3 is 2.68 bits per heavy atom. The summed E-state index contributed by atoms with van der Waals surface area (Å²) in [5.41, 5.74) is 4.86. The molecule has 1 aliphatic carbocycles. The first-order valence-electron chi connectivity index (χ1n) is 6.51. The van der Waals surface area contributed by atoms with Gasteiger partial charge in [0.2, 0.25) is 0 Å². The standard InChI is InChI=1S/C16H16BrNO/c17-15-3-1-2-14-13(15)8-9-16(14)18-12-6-4-11(10-19)5-7-12/h1-7,16,18-19H,8-10H2. The largest absolute Gasteiger partial charge is 0.392 e. The molecule has 1 unspecified atom stereocenters. The second-order valence-corrected chi connectivity index (χ2v) is 5.75. The maximum absolute atomic E-state index is 9.05. The fraction of sp³-hybridized carbons (Fsp3) is 0.250. The van der Waals surface area contributed by atoms with Crippen LogP contribution in [0, 0.1) is 0 Å². The highest BCUT2D eigenvalue weighted by atomic mass is 79.9. The van der Waals surface area contributed by atoms with Crippen LogP contribution in [0.4, 0.5) is 5.69 Å². The van der Waals surface area contributed by atoms with Gasteiger partial charge in [0.15, 0.2) is 0 Å². The fourth-order valence-electron chi connectivity index (χ4n) is 2.67. The second-order valence-electron chi connectivity index (χ2n) is 4.90. The van der Waals surface area contributed by atoms with E-state index in [-0.39, 0.29) is 6.61 Å². The van der Waals surface area contributed by atoms with Gasteiger partial charge in [-0.05, 0) is 47.7 Å². The summed E-state index contributed by atoms with van der Waals surface area (Å²) < 4.78 is 1.21. The average molecular weight is 318 g/mol. The van der Waals surface area contributed by atoms with Gasteiger partial charge in [0.25, 0.3) is 0 Å². The Morgan fingerprint density at radius 2 is 1.95 bits per heavy atom. The molecule has 19 heavy (non-hydrogen) atoms. The van der Waals surface area contributed by atoms with E-state index in [9.17, 15) is 0 Å². The summed E-state index contributed by atoms with van der Waals surface area (Å²) in [6.07, 6.45) is 2.24. The zero-order valence-corrected chi connectivity index (χ0v) is 12.2.